The van der Waals surface area contributed by atoms with Gasteiger partial charge in [-0.25, -0.2) is 0 Å². The van der Waals surface area contributed by atoms with E-state index < -0.39 is 6.10 Å². The van der Waals surface area contributed by atoms with Gasteiger partial charge in [0.1, 0.15) is 0 Å². The molecule has 1 aromatic carbocycles. The van der Waals surface area contributed by atoms with Crippen LogP contribution < -0.4 is 9.47 Å². The zero-order chi connectivity index (χ0) is 12.8. The van der Waals surface area contributed by atoms with Crippen molar-refractivity contribution in [2.24, 2.45) is 0 Å². The Morgan fingerprint density at radius 1 is 1.35 bits per heavy atom. The van der Waals surface area contributed by atoms with Crippen LogP contribution >= 0.6 is 0 Å². The number of ether oxygens (including phenoxy) is 2. The highest BCUT2D eigenvalue weighted by atomic mass is 16.5. The lowest BCUT2D eigenvalue weighted by Gasteiger charge is -2.15. The zero-order valence-corrected chi connectivity index (χ0v) is 10.7. The third kappa shape index (κ3) is 3.63. The first-order valence-corrected chi connectivity index (χ1v) is 5.56. The van der Waals surface area contributed by atoms with Crippen LogP contribution in [0.1, 0.15) is 26.3 Å². The molecule has 3 heteroatoms. The van der Waals surface area contributed by atoms with E-state index in [2.05, 4.69) is 0 Å². The van der Waals surface area contributed by atoms with Gasteiger partial charge in [0.2, 0.25) is 0 Å². The second-order valence-corrected chi connectivity index (χ2v) is 3.78. The predicted molar refractivity (Wildman–Crippen MR) is 68.5 cm³/mol. The van der Waals surface area contributed by atoms with Crippen LogP contribution in [0.2, 0.25) is 0 Å². The second kappa shape index (κ2) is 6.09. The molecule has 0 saturated carbocycles. The van der Waals surface area contributed by atoms with Gasteiger partial charge in [-0.1, -0.05) is 18.2 Å². The van der Waals surface area contributed by atoms with Gasteiger partial charge in [-0.2, -0.15) is 0 Å². The molecule has 0 heterocycles. The van der Waals surface area contributed by atoms with Crippen molar-refractivity contribution in [1.82, 2.24) is 0 Å². The van der Waals surface area contributed by atoms with Crippen molar-refractivity contribution in [2.75, 3.05) is 7.11 Å². The lowest BCUT2D eigenvalue weighted by Crippen LogP contribution is -2.20. The summed E-state index contributed by atoms with van der Waals surface area (Å²) in [6, 6.07) is 5.61. The minimum Gasteiger partial charge on any atom is -0.493 e. The van der Waals surface area contributed by atoms with E-state index in [4.69, 9.17) is 9.47 Å². The molecule has 1 rings (SSSR count). The van der Waals surface area contributed by atoms with Crippen molar-refractivity contribution in [3.05, 3.63) is 29.8 Å². The first-order valence-electron chi connectivity index (χ1n) is 5.56. The van der Waals surface area contributed by atoms with E-state index >= 15 is 0 Å². The minimum atomic E-state index is -0.462. The molecule has 1 atom stereocenters. The lowest BCUT2D eigenvalue weighted by molar-refractivity contribution is -0.122. The number of benzene rings is 1. The average molecular weight is 234 g/mol. The highest BCUT2D eigenvalue weighted by Gasteiger charge is 2.12. The highest BCUT2D eigenvalue weighted by molar-refractivity contribution is 5.80. The summed E-state index contributed by atoms with van der Waals surface area (Å²) in [5, 5.41) is 0. The van der Waals surface area contributed by atoms with Crippen LogP contribution in [-0.4, -0.2) is 19.0 Å². The number of carbonyl (C=O) groups excluding carboxylic acids is 1. The molecular weight excluding hydrogens is 216 g/mol. The summed E-state index contributed by atoms with van der Waals surface area (Å²) in [5.41, 5.74) is 1.03. The number of carbonyl (C=O) groups is 1. The van der Waals surface area contributed by atoms with Crippen molar-refractivity contribution in [1.29, 1.82) is 0 Å². The number of allylic oxidation sites excluding steroid dienone is 1. The van der Waals surface area contributed by atoms with Gasteiger partial charge in [-0.15, -0.1) is 0 Å². The molecule has 17 heavy (non-hydrogen) atoms. The third-order valence-corrected chi connectivity index (χ3v) is 2.42. The van der Waals surface area contributed by atoms with Gasteiger partial charge in [0, 0.05) is 0 Å². The molecule has 0 bridgehead atoms. The molecule has 3 nitrogen and oxygen atoms in total. The van der Waals surface area contributed by atoms with E-state index in [9.17, 15) is 4.79 Å². The molecule has 0 radical (unpaired) electrons. The van der Waals surface area contributed by atoms with Crippen LogP contribution in [0.3, 0.4) is 0 Å². The topological polar surface area (TPSA) is 35.5 Å². The quantitative estimate of drug-likeness (QED) is 0.785. The number of hydrogen-bond acceptors (Lipinski definition) is 3. The van der Waals surface area contributed by atoms with Crippen molar-refractivity contribution in [3.8, 4) is 11.5 Å². The maximum absolute atomic E-state index is 11.1. The van der Waals surface area contributed by atoms with Gasteiger partial charge in [0.15, 0.2) is 23.4 Å². The number of methoxy groups -OCH3 is 1. The molecule has 0 N–H and O–H groups in total. The fourth-order valence-corrected chi connectivity index (χ4v) is 1.35. The van der Waals surface area contributed by atoms with E-state index in [1.807, 2.05) is 37.3 Å². The maximum Gasteiger partial charge on any atom is 0.169 e. The Morgan fingerprint density at radius 2 is 2.06 bits per heavy atom. The number of rotatable bonds is 5. The molecule has 92 valence electrons. The Balaban J connectivity index is 2.96. The normalized spacial score (nSPS) is 12.5. The maximum atomic E-state index is 11.1. The molecule has 0 fully saturated rings. The minimum absolute atomic E-state index is 0.00964. The summed E-state index contributed by atoms with van der Waals surface area (Å²) >= 11 is 0. The van der Waals surface area contributed by atoms with E-state index in [1.54, 1.807) is 14.0 Å². The van der Waals surface area contributed by atoms with Crippen molar-refractivity contribution < 1.29 is 14.3 Å². The summed E-state index contributed by atoms with van der Waals surface area (Å²) in [7, 11) is 1.58. The Morgan fingerprint density at radius 3 is 2.59 bits per heavy atom. The van der Waals surface area contributed by atoms with Gasteiger partial charge < -0.3 is 9.47 Å². The lowest BCUT2D eigenvalue weighted by atomic mass is 10.2. The number of hydrogen-bond donors (Lipinski definition) is 0. The fraction of sp³-hybridized carbons (Fsp3) is 0.357. The Kier molecular flexibility index (Phi) is 4.76. The standard InChI is InChI=1S/C14H18O3/c1-5-6-12-7-8-13(14(9-12)16-4)17-11(3)10(2)15/h5-9,11H,1-4H3/b6-5+/t11-/m1/s1. The molecular formula is C14H18O3. The molecule has 0 aromatic heterocycles. The van der Waals surface area contributed by atoms with E-state index in [-0.39, 0.29) is 5.78 Å². The summed E-state index contributed by atoms with van der Waals surface area (Å²) in [5.74, 6) is 1.21. The molecule has 0 saturated heterocycles. The van der Waals surface area contributed by atoms with Gasteiger partial charge in [0.05, 0.1) is 7.11 Å². The van der Waals surface area contributed by atoms with Crippen molar-refractivity contribution in [3.63, 3.8) is 0 Å². The second-order valence-electron chi connectivity index (χ2n) is 3.78. The van der Waals surface area contributed by atoms with Crippen LogP contribution in [0.5, 0.6) is 11.5 Å². The van der Waals surface area contributed by atoms with Gasteiger partial charge >= 0.3 is 0 Å². The van der Waals surface area contributed by atoms with Crippen molar-refractivity contribution >= 4 is 11.9 Å². The average Bonchev–Trinajstić information content (AvgIpc) is 2.31. The predicted octanol–water partition coefficient (Wildman–Crippen LogP) is 3.08. The molecule has 0 unspecified atom stereocenters. The smallest absolute Gasteiger partial charge is 0.169 e. The Bertz CT molecular complexity index is 421. The van der Waals surface area contributed by atoms with Crippen LogP contribution in [0.25, 0.3) is 6.08 Å². The van der Waals surface area contributed by atoms with Gasteiger partial charge in [-0.05, 0) is 38.5 Å². The molecule has 0 aliphatic carbocycles. The Labute approximate surface area is 102 Å². The molecule has 0 aliphatic heterocycles. The van der Waals surface area contributed by atoms with E-state index in [0.717, 1.165) is 5.56 Å². The third-order valence-electron chi connectivity index (χ3n) is 2.42. The SMILES string of the molecule is C/C=C/c1ccc(O[C@H](C)C(C)=O)c(OC)c1. The van der Waals surface area contributed by atoms with Crippen LogP contribution in [0.15, 0.2) is 24.3 Å². The zero-order valence-electron chi connectivity index (χ0n) is 10.7. The Hall–Kier alpha value is -1.77. The number of ketones is 1. The van der Waals surface area contributed by atoms with E-state index in [0.29, 0.717) is 11.5 Å². The summed E-state index contributed by atoms with van der Waals surface area (Å²) in [4.78, 5) is 11.1. The van der Waals surface area contributed by atoms with Crippen molar-refractivity contribution in [2.45, 2.75) is 26.9 Å². The summed E-state index contributed by atoms with van der Waals surface area (Å²) in [6.07, 6.45) is 3.46. The molecule has 0 amide bonds. The first-order chi connectivity index (χ1) is 8.08. The molecule has 0 spiro atoms. The van der Waals surface area contributed by atoms with Gasteiger partial charge in [-0.3, -0.25) is 4.79 Å². The summed E-state index contributed by atoms with van der Waals surface area (Å²) < 4.78 is 10.8. The molecule has 0 aliphatic rings. The van der Waals surface area contributed by atoms with Gasteiger partial charge in [0.25, 0.3) is 0 Å². The van der Waals surface area contributed by atoms with Crippen LogP contribution in [0, 0.1) is 0 Å². The monoisotopic (exact) mass is 234 g/mol. The fourth-order valence-electron chi connectivity index (χ4n) is 1.35. The highest BCUT2D eigenvalue weighted by Crippen LogP contribution is 2.29. The molecule has 1 aromatic rings. The first kappa shape index (κ1) is 13.3. The van der Waals surface area contributed by atoms with Crippen LogP contribution in [-0.2, 0) is 4.79 Å². The largest absolute Gasteiger partial charge is 0.493 e. The van der Waals surface area contributed by atoms with Crippen LogP contribution in [0.4, 0.5) is 0 Å². The van der Waals surface area contributed by atoms with E-state index in [1.165, 1.54) is 6.92 Å². The summed E-state index contributed by atoms with van der Waals surface area (Å²) in [6.45, 7) is 5.18. The number of Topliss-reactive ketones (excluding diaryl/α,β-unsaturated/α-hetero) is 1.